The molecule has 1 aliphatic heterocycles. The van der Waals surface area contributed by atoms with E-state index < -0.39 is 0 Å². The van der Waals surface area contributed by atoms with Gasteiger partial charge in [0.25, 0.3) is 0 Å². The molecule has 1 atom stereocenters. The molecule has 1 unspecified atom stereocenters. The van der Waals surface area contributed by atoms with E-state index in [9.17, 15) is 4.79 Å². The van der Waals surface area contributed by atoms with Crippen molar-refractivity contribution in [1.29, 1.82) is 0 Å². The SMILES string of the molecule is CCN1CCCC1CNC(=NC)NCCC(=O)Nc1ccc(C)cn1. The number of aromatic nitrogens is 1. The van der Waals surface area contributed by atoms with E-state index >= 15 is 0 Å². The summed E-state index contributed by atoms with van der Waals surface area (Å²) >= 11 is 0. The average Bonchev–Trinajstić information content (AvgIpc) is 3.07. The molecule has 0 aliphatic carbocycles. The highest BCUT2D eigenvalue weighted by atomic mass is 16.1. The number of likely N-dealkylation sites (tertiary alicyclic amines) is 1. The molecule has 138 valence electrons. The zero-order valence-electron chi connectivity index (χ0n) is 15.5. The number of nitrogens with one attached hydrogen (secondary N) is 3. The van der Waals surface area contributed by atoms with Crippen LogP contribution in [0.5, 0.6) is 0 Å². The van der Waals surface area contributed by atoms with Crippen LogP contribution in [0.25, 0.3) is 0 Å². The molecule has 0 aromatic carbocycles. The summed E-state index contributed by atoms with van der Waals surface area (Å²) in [5.74, 6) is 1.26. The van der Waals surface area contributed by atoms with Crippen molar-refractivity contribution < 1.29 is 4.79 Å². The largest absolute Gasteiger partial charge is 0.356 e. The van der Waals surface area contributed by atoms with Gasteiger partial charge >= 0.3 is 0 Å². The number of anilines is 1. The molecule has 1 aliphatic rings. The minimum Gasteiger partial charge on any atom is -0.356 e. The first-order valence-corrected chi connectivity index (χ1v) is 9.03. The maximum absolute atomic E-state index is 12.0. The molecule has 3 N–H and O–H groups in total. The molecular formula is C18H30N6O. The molecule has 0 spiro atoms. The van der Waals surface area contributed by atoms with Crippen LogP contribution in [0.1, 0.15) is 31.7 Å². The third-order valence-corrected chi connectivity index (χ3v) is 4.46. The van der Waals surface area contributed by atoms with Crippen molar-refractivity contribution in [1.82, 2.24) is 20.5 Å². The van der Waals surface area contributed by atoms with Gasteiger partial charge in [-0.3, -0.25) is 14.7 Å². The monoisotopic (exact) mass is 346 g/mol. The summed E-state index contributed by atoms with van der Waals surface area (Å²) in [7, 11) is 1.75. The van der Waals surface area contributed by atoms with E-state index in [4.69, 9.17) is 0 Å². The summed E-state index contributed by atoms with van der Waals surface area (Å²) < 4.78 is 0. The molecule has 1 fully saturated rings. The molecule has 7 heteroatoms. The predicted molar refractivity (Wildman–Crippen MR) is 102 cm³/mol. The number of amides is 1. The lowest BCUT2D eigenvalue weighted by atomic mass is 10.2. The molecule has 2 heterocycles. The van der Waals surface area contributed by atoms with Crippen LogP contribution in [-0.4, -0.2) is 61.0 Å². The normalized spacial score (nSPS) is 18.2. The van der Waals surface area contributed by atoms with Gasteiger partial charge in [0, 0.05) is 38.8 Å². The number of aryl methyl sites for hydroxylation is 1. The van der Waals surface area contributed by atoms with E-state index in [2.05, 4.69) is 37.8 Å². The Bertz CT molecular complexity index is 571. The van der Waals surface area contributed by atoms with E-state index in [-0.39, 0.29) is 5.91 Å². The van der Waals surface area contributed by atoms with Crippen LogP contribution in [0.15, 0.2) is 23.3 Å². The van der Waals surface area contributed by atoms with Crippen LogP contribution in [-0.2, 0) is 4.79 Å². The van der Waals surface area contributed by atoms with Crippen molar-refractivity contribution in [2.75, 3.05) is 38.5 Å². The molecule has 1 amide bonds. The zero-order valence-corrected chi connectivity index (χ0v) is 15.5. The molecule has 1 aromatic rings. The molecule has 1 aromatic heterocycles. The first kappa shape index (κ1) is 19.2. The molecule has 7 nitrogen and oxygen atoms in total. The fraction of sp³-hybridized carbons (Fsp3) is 0.611. The van der Waals surface area contributed by atoms with E-state index in [1.807, 2.05) is 19.1 Å². The fourth-order valence-corrected chi connectivity index (χ4v) is 3.02. The Kier molecular flexibility index (Phi) is 7.66. The Labute approximate surface area is 150 Å². The lowest BCUT2D eigenvalue weighted by Gasteiger charge is -2.23. The van der Waals surface area contributed by atoms with E-state index in [0.717, 1.165) is 24.6 Å². The van der Waals surface area contributed by atoms with Gasteiger partial charge < -0.3 is 16.0 Å². The standard InChI is InChI=1S/C18H30N6O/c1-4-24-11-5-6-15(24)13-22-18(19-3)20-10-9-17(25)23-16-8-7-14(2)12-21-16/h7-8,12,15H,4-6,9-11,13H2,1-3H3,(H2,19,20,22)(H,21,23,25). The second-order valence-electron chi connectivity index (χ2n) is 6.32. The van der Waals surface area contributed by atoms with Gasteiger partial charge in [-0.1, -0.05) is 13.0 Å². The highest BCUT2D eigenvalue weighted by molar-refractivity contribution is 5.90. The van der Waals surface area contributed by atoms with Crippen molar-refractivity contribution >= 4 is 17.7 Å². The van der Waals surface area contributed by atoms with Crippen LogP contribution in [0.4, 0.5) is 5.82 Å². The average molecular weight is 346 g/mol. The first-order chi connectivity index (χ1) is 12.1. The molecule has 0 saturated carbocycles. The number of pyridine rings is 1. The fourth-order valence-electron chi connectivity index (χ4n) is 3.02. The van der Waals surface area contributed by atoms with Crippen LogP contribution >= 0.6 is 0 Å². The highest BCUT2D eigenvalue weighted by Crippen LogP contribution is 2.15. The van der Waals surface area contributed by atoms with Gasteiger partial charge in [0.05, 0.1) is 0 Å². The second-order valence-corrected chi connectivity index (χ2v) is 6.32. The number of likely N-dealkylation sites (N-methyl/N-ethyl adjacent to an activating group) is 1. The minimum atomic E-state index is -0.0627. The molecule has 2 rings (SSSR count). The number of aliphatic imine (C=N–C) groups is 1. The Morgan fingerprint density at radius 1 is 1.40 bits per heavy atom. The van der Waals surface area contributed by atoms with E-state index in [0.29, 0.717) is 24.8 Å². The number of carbonyl (C=O) groups is 1. The molecule has 0 bridgehead atoms. The third-order valence-electron chi connectivity index (χ3n) is 4.46. The number of carbonyl (C=O) groups excluding carboxylic acids is 1. The minimum absolute atomic E-state index is 0.0627. The van der Waals surface area contributed by atoms with Crippen LogP contribution in [0, 0.1) is 6.92 Å². The maximum Gasteiger partial charge on any atom is 0.227 e. The maximum atomic E-state index is 12.0. The van der Waals surface area contributed by atoms with E-state index in [1.54, 1.807) is 13.2 Å². The number of guanidine groups is 1. The van der Waals surface area contributed by atoms with Crippen LogP contribution in [0.2, 0.25) is 0 Å². The summed E-state index contributed by atoms with van der Waals surface area (Å²) in [4.78, 5) is 22.8. The van der Waals surface area contributed by atoms with Gasteiger partial charge in [0.2, 0.25) is 5.91 Å². The number of hydrogen-bond donors (Lipinski definition) is 3. The summed E-state index contributed by atoms with van der Waals surface area (Å²) in [5.41, 5.74) is 1.07. The molecule has 25 heavy (non-hydrogen) atoms. The highest BCUT2D eigenvalue weighted by Gasteiger charge is 2.22. The molecular weight excluding hydrogens is 316 g/mol. The topological polar surface area (TPSA) is 81.6 Å². The van der Waals surface area contributed by atoms with Gasteiger partial charge in [-0.15, -0.1) is 0 Å². The Morgan fingerprint density at radius 2 is 2.24 bits per heavy atom. The van der Waals surface area contributed by atoms with Crippen molar-refractivity contribution in [3.05, 3.63) is 23.9 Å². The summed E-state index contributed by atoms with van der Waals surface area (Å²) in [6.07, 6.45) is 4.59. The lowest BCUT2D eigenvalue weighted by molar-refractivity contribution is -0.116. The van der Waals surface area contributed by atoms with Crippen molar-refractivity contribution in [2.24, 2.45) is 4.99 Å². The summed E-state index contributed by atoms with van der Waals surface area (Å²) in [6.45, 7) is 7.85. The van der Waals surface area contributed by atoms with Crippen molar-refractivity contribution in [3.63, 3.8) is 0 Å². The zero-order chi connectivity index (χ0) is 18.1. The smallest absolute Gasteiger partial charge is 0.227 e. The lowest BCUT2D eigenvalue weighted by Crippen LogP contribution is -2.45. The third kappa shape index (κ3) is 6.34. The van der Waals surface area contributed by atoms with Gasteiger partial charge in [-0.2, -0.15) is 0 Å². The van der Waals surface area contributed by atoms with Crippen LogP contribution < -0.4 is 16.0 Å². The van der Waals surface area contributed by atoms with Crippen molar-refractivity contribution in [2.45, 2.75) is 39.2 Å². The van der Waals surface area contributed by atoms with Crippen LogP contribution in [0.3, 0.4) is 0 Å². The Balaban J connectivity index is 1.66. The Morgan fingerprint density at radius 3 is 2.92 bits per heavy atom. The quantitative estimate of drug-likeness (QED) is 0.513. The van der Waals surface area contributed by atoms with Gasteiger partial charge in [-0.05, 0) is 44.5 Å². The second kappa shape index (κ2) is 9.98. The first-order valence-electron chi connectivity index (χ1n) is 9.03. The Hall–Kier alpha value is -2.15. The number of hydrogen-bond acceptors (Lipinski definition) is 4. The molecule has 0 radical (unpaired) electrons. The number of nitrogens with zero attached hydrogens (tertiary/aromatic N) is 3. The summed E-state index contributed by atoms with van der Waals surface area (Å²) in [5, 5.41) is 9.34. The molecule has 1 saturated heterocycles. The summed E-state index contributed by atoms with van der Waals surface area (Å²) in [6, 6.07) is 4.30. The van der Waals surface area contributed by atoms with Gasteiger partial charge in [0.15, 0.2) is 5.96 Å². The predicted octanol–water partition coefficient (Wildman–Crippen LogP) is 1.37. The van der Waals surface area contributed by atoms with Gasteiger partial charge in [-0.25, -0.2) is 4.98 Å². The van der Waals surface area contributed by atoms with E-state index in [1.165, 1.54) is 19.4 Å². The van der Waals surface area contributed by atoms with Crippen molar-refractivity contribution in [3.8, 4) is 0 Å². The van der Waals surface area contributed by atoms with Gasteiger partial charge in [0.1, 0.15) is 5.82 Å². The number of rotatable bonds is 7.